The van der Waals surface area contributed by atoms with Crippen LogP contribution in [0.4, 0.5) is 0 Å². The minimum absolute atomic E-state index is 0.0478. The van der Waals surface area contributed by atoms with Gasteiger partial charge in [-0.25, -0.2) is 0 Å². The van der Waals surface area contributed by atoms with E-state index in [4.69, 9.17) is 0 Å². The van der Waals surface area contributed by atoms with Gasteiger partial charge in [0.2, 0.25) is 0 Å². The minimum atomic E-state index is -0.764. The number of carbonyl (C=O) groups excluding carboxylic acids is 2. The van der Waals surface area contributed by atoms with Gasteiger partial charge in [-0.2, -0.15) is 0 Å². The number of hydrogen-bond donors (Lipinski definition) is 1. The Labute approximate surface area is 157 Å². The summed E-state index contributed by atoms with van der Waals surface area (Å²) in [6.45, 7) is 17.4. The van der Waals surface area contributed by atoms with Crippen molar-refractivity contribution in [1.82, 2.24) is 0 Å². The molecular weight excluding hydrogens is 324 g/mol. The zero-order valence-corrected chi connectivity index (χ0v) is 17.6. The molecule has 0 amide bonds. The van der Waals surface area contributed by atoms with Crippen LogP contribution in [0, 0.1) is 30.1 Å². The van der Waals surface area contributed by atoms with E-state index in [1.54, 1.807) is 0 Å². The highest BCUT2D eigenvalue weighted by atomic mass is 16.3. The first-order chi connectivity index (χ1) is 11.7. The maximum absolute atomic E-state index is 13.3. The van der Waals surface area contributed by atoms with Crippen LogP contribution in [-0.4, -0.2) is 16.7 Å². The minimum Gasteiger partial charge on any atom is -0.506 e. The molecule has 0 atom stereocenters. The zero-order valence-electron chi connectivity index (χ0n) is 17.6. The number of aryl methyl sites for hydroxylation is 1. The molecule has 0 aliphatic heterocycles. The third-order valence-corrected chi connectivity index (χ3v) is 7.39. The van der Waals surface area contributed by atoms with Crippen LogP contribution in [0.15, 0.2) is 17.7 Å². The molecule has 1 aliphatic rings. The Morgan fingerprint density at radius 3 is 1.81 bits per heavy atom. The second-order valence-electron chi connectivity index (χ2n) is 9.14. The summed E-state index contributed by atoms with van der Waals surface area (Å²) in [5.74, 6) is -0.728. The lowest BCUT2D eigenvalue weighted by molar-refractivity contribution is -0.153. The molecule has 1 saturated carbocycles. The van der Waals surface area contributed by atoms with E-state index in [2.05, 4.69) is 6.92 Å². The molecule has 2 rings (SSSR count). The van der Waals surface area contributed by atoms with Crippen LogP contribution >= 0.6 is 0 Å². The van der Waals surface area contributed by atoms with Crippen LogP contribution in [-0.2, 0) is 16.0 Å². The van der Waals surface area contributed by atoms with Gasteiger partial charge in [-0.15, -0.1) is 0 Å². The molecule has 3 nitrogen and oxygen atoms in total. The fraction of sp³-hybridized carbons (Fsp3) is 0.565. The molecule has 0 heterocycles. The summed E-state index contributed by atoms with van der Waals surface area (Å²) >= 11 is 0. The summed E-state index contributed by atoms with van der Waals surface area (Å²) in [7, 11) is 0. The highest BCUT2D eigenvalue weighted by Crippen LogP contribution is 2.58. The first-order valence-electron chi connectivity index (χ1n) is 9.35. The summed E-state index contributed by atoms with van der Waals surface area (Å²) in [4.78, 5) is 26.5. The molecule has 0 radical (unpaired) electrons. The number of allylic oxidation sites excluding steroid dienone is 1. The van der Waals surface area contributed by atoms with Gasteiger partial charge in [0, 0.05) is 16.4 Å². The van der Waals surface area contributed by atoms with E-state index in [-0.39, 0.29) is 22.9 Å². The van der Waals surface area contributed by atoms with Crippen LogP contribution < -0.4 is 0 Å². The van der Waals surface area contributed by atoms with E-state index in [9.17, 15) is 14.7 Å². The first kappa shape index (κ1) is 20.4. The average molecular weight is 357 g/mol. The Balaban J connectivity index is 2.81. The van der Waals surface area contributed by atoms with Crippen molar-refractivity contribution < 1.29 is 14.7 Å². The number of hydrogen-bond acceptors (Lipinski definition) is 3. The molecule has 1 N–H and O–H groups in total. The fourth-order valence-electron chi connectivity index (χ4n) is 4.12. The second kappa shape index (κ2) is 6.07. The number of Topliss-reactive ketones (excluding diaryl/α,β-unsaturated/α-hetero) is 2. The van der Waals surface area contributed by atoms with Crippen molar-refractivity contribution in [3.05, 3.63) is 40.0 Å². The zero-order chi connectivity index (χ0) is 20.2. The number of rotatable bonds is 2. The standard InChI is InChI=1S/C23H32O3/c1-10-15-13(2)11-12-16(14(15)3)18(24)17-19(25)21(4,5)23(8,9)22(6,7)20(17)26/h11-12,24H,10H2,1-9H3. The Morgan fingerprint density at radius 1 is 0.923 bits per heavy atom. The van der Waals surface area contributed by atoms with Crippen molar-refractivity contribution in [3.8, 4) is 0 Å². The van der Waals surface area contributed by atoms with E-state index < -0.39 is 16.2 Å². The Bertz CT molecular complexity index is 788. The van der Waals surface area contributed by atoms with E-state index in [1.807, 2.05) is 67.5 Å². The van der Waals surface area contributed by atoms with Crippen molar-refractivity contribution in [2.24, 2.45) is 16.2 Å². The predicted octanol–water partition coefficient (Wildman–Crippen LogP) is 5.37. The van der Waals surface area contributed by atoms with Gasteiger partial charge in [-0.1, -0.05) is 60.6 Å². The van der Waals surface area contributed by atoms with Crippen LogP contribution in [0.3, 0.4) is 0 Å². The maximum atomic E-state index is 13.3. The van der Waals surface area contributed by atoms with Crippen molar-refractivity contribution in [1.29, 1.82) is 0 Å². The maximum Gasteiger partial charge on any atom is 0.176 e. The monoisotopic (exact) mass is 356 g/mol. The molecule has 0 unspecified atom stereocenters. The van der Waals surface area contributed by atoms with Gasteiger partial charge < -0.3 is 5.11 Å². The normalized spacial score (nSPS) is 21.0. The van der Waals surface area contributed by atoms with E-state index in [1.165, 1.54) is 0 Å². The number of benzene rings is 1. The van der Waals surface area contributed by atoms with Gasteiger partial charge in [-0.05, 0) is 42.4 Å². The number of ketones is 2. The van der Waals surface area contributed by atoms with Crippen molar-refractivity contribution in [2.75, 3.05) is 0 Å². The Kier molecular flexibility index (Phi) is 4.77. The van der Waals surface area contributed by atoms with E-state index in [0.717, 1.165) is 23.1 Å². The molecule has 0 bridgehead atoms. The molecule has 142 valence electrons. The van der Waals surface area contributed by atoms with Gasteiger partial charge in [0.25, 0.3) is 0 Å². The number of aliphatic hydroxyl groups is 1. The van der Waals surface area contributed by atoms with Gasteiger partial charge in [0.15, 0.2) is 11.6 Å². The van der Waals surface area contributed by atoms with Crippen molar-refractivity contribution in [2.45, 2.75) is 68.7 Å². The topological polar surface area (TPSA) is 54.4 Å². The highest BCUT2D eigenvalue weighted by Gasteiger charge is 2.61. The summed E-state index contributed by atoms with van der Waals surface area (Å²) in [5, 5.41) is 11.1. The molecular formula is C23H32O3. The lowest BCUT2D eigenvalue weighted by atomic mass is 9.47. The summed E-state index contributed by atoms with van der Waals surface area (Å²) in [5.41, 5.74) is 1.69. The van der Waals surface area contributed by atoms with Crippen LogP contribution in [0.25, 0.3) is 5.76 Å². The lowest BCUT2D eigenvalue weighted by Crippen LogP contribution is -2.58. The third kappa shape index (κ3) is 2.47. The molecule has 1 aliphatic carbocycles. The van der Waals surface area contributed by atoms with Crippen molar-refractivity contribution >= 4 is 17.3 Å². The van der Waals surface area contributed by atoms with E-state index in [0.29, 0.717) is 5.56 Å². The smallest absolute Gasteiger partial charge is 0.176 e. The van der Waals surface area contributed by atoms with Gasteiger partial charge in [-0.3, -0.25) is 9.59 Å². The molecule has 0 aromatic heterocycles. The second-order valence-corrected chi connectivity index (χ2v) is 9.14. The number of carbonyl (C=O) groups is 2. The quantitative estimate of drug-likeness (QED) is 0.440. The SMILES string of the molecule is CCc1c(C)ccc(C(O)=C2C(=O)C(C)(C)C(C)(C)C(C)(C)C2=O)c1C. The summed E-state index contributed by atoms with van der Waals surface area (Å²) in [6.07, 6.45) is 0.833. The first-order valence-corrected chi connectivity index (χ1v) is 9.35. The average Bonchev–Trinajstić information content (AvgIpc) is 2.53. The molecule has 1 aromatic rings. The van der Waals surface area contributed by atoms with Gasteiger partial charge >= 0.3 is 0 Å². The summed E-state index contributed by atoms with van der Waals surface area (Å²) < 4.78 is 0. The molecule has 26 heavy (non-hydrogen) atoms. The molecule has 1 aromatic carbocycles. The van der Waals surface area contributed by atoms with E-state index >= 15 is 0 Å². The van der Waals surface area contributed by atoms with Crippen molar-refractivity contribution in [3.63, 3.8) is 0 Å². The fourth-order valence-corrected chi connectivity index (χ4v) is 4.12. The predicted molar refractivity (Wildman–Crippen MR) is 106 cm³/mol. The molecule has 1 fully saturated rings. The molecule has 3 heteroatoms. The third-order valence-electron chi connectivity index (χ3n) is 7.39. The summed E-state index contributed by atoms with van der Waals surface area (Å²) in [6, 6.07) is 3.75. The van der Waals surface area contributed by atoms with Crippen LogP contribution in [0.5, 0.6) is 0 Å². The molecule has 0 spiro atoms. The highest BCUT2D eigenvalue weighted by molar-refractivity contribution is 6.29. The van der Waals surface area contributed by atoms with Gasteiger partial charge in [0.1, 0.15) is 11.3 Å². The Morgan fingerprint density at radius 2 is 1.38 bits per heavy atom. The van der Waals surface area contributed by atoms with Gasteiger partial charge in [0.05, 0.1) is 0 Å². The number of aliphatic hydroxyl groups excluding tert-OH is 1. The molecule has 0 saturated heterocycles. The lowest BCUT2D eigenvalue weighted by Gasteiger charge is -2.54. The van der Waals surface area contributed by atoms with Crippen LogP contribution in [0.2, 0.25) is 0 Å². The largest absolute Gasteiger partial charge is 0.506 e. The van der Waals surface area contributed by atoms with Crippen LogP contribution in [0.1, 0.15) is 70.7 Å². The Hall–Kier alpha value is -1.90.